The lowest BCUT2D eigenvalue weighted by molar-refractivity contribution is -0.115. The molecule has 0 aliphatic carbocycles. The minimum absolute atomic E-state index is 0.0121. The zero-order chi connectivity index (χ0) is 16.8. The fourth-order valence-corrected chi connectivity index (χ4v) is 2.50. The van der Waals surface area contributed by atoms with E-state index in [0.29, 0.717) is 18.9 Å². The van der Waals surface area contributed by atoms with E-state index in [1.807, 2.05) is 25.1 Å². The predicted octanol–water partition coefficient (Wildman–Crippen LogP) is 5.32. The van der Waals surface area contributed by atoms with Crippen LogP contribution in [0, 0.1) is 6.92 Å². The molecule has 2 aromatic rings. The number of nitrogens with one attached hydrogen (secondary N) is 2. The van der Waals surface area contributed by atoms with Crippen molar-refractivity contribution in [2.75, 3.05) is 17.2 Å². The normalized spacial score (nSPS) is 10.7. The summed E-state index contributed by atoms with van der Waals surface area (Å²) in [7, 11) is 0. The van der Waals surface area contributed by atoms with E-state index in [1.165, 1.54) is 5.56 Å². The molecule has 0 aliphatic heterocycles. The summed E-state index contributed by atoms with van der Waals surface area (Å²) < 4.78 is 1.04. The smallest absolute Gasteiger partial charge is 0.226 e. The van der Waals surface area contributed by atoms with Crippen molar-refractivity contribution in [2.45, 2.75) is 33.1 Å². The molecule has 0 saturated heterocycles. The topological polar surface area (TPSA) is 41.1 Å². The van der Waals surface area contributed by atoms with Crippen molar-refractivity contribution >= 4 is 33.2 Å². The van der Waals surface area contributed by atoms with Crippen LogP contribution < -0.4 is 10.6 Å². The summed E-state index contributed by atoms with van der Waals surface area (Å²) in [5.74, 6) is 0.544. The number of halogens is 1. The number of amides is 1. The Labute approximate surface area is 146 Å². The summed E-state index contributed by atoms with van der Waals surface area (Å²) in [6.07, 6.45) is 0.432. The van der Waals surface area contributed by atoms with Gasteiger partial charge in [0.1, 0.15) is 0 Å². The monoisotopic (exact) mass is 374 g/mol. The van der Waals surface area contributed by atoms with E-state index < -0.39 is 0 Å². The second-order valence-electron chi connectivity index (χ2n) is 5.97. The first-order valence-electron chi connectivity index (χ1n) is 7.85. The number of hydrogen-bond acceptors (Lipinski definition) is 2. The van der Waals surface area contributed by atoms with Crippen molar-refractivity contribution in [3.8, 4) is 0 Å². The molecule has 4 heteroatoms. The number of rotatable bonds is 6. The molecule has 0 spiro atoms. The molecular weight excluding hydrogens is 352 g/mol. The fraction of sp³-hybridized carbons (Fsp3) is 0.316. The highest BCUT2D eigenvalue weighted by Crippen LogP contribution is 2.20. The molecule has 0 aromatic heterocycles. The van der Waals surface area contributed by atoms with Gasteiger partial charge in [-0.15, -0.1) is 0 Å². The maximum absolute atomic E-state index is 12.0. The number of hydrogen-bond donors (Lipinski definition) is 2. The molecule has 2 N–H and O–H groups in total. The summed E-state index contributed by atoms with van der Waals surface area (Å²) in [4.78, 5) is 12.0. The van der Waals surface area contributed by atoms with E-state index in [1.54, 1.807) is 0 Å². The number of carbonyl (C=O) groups is 1. The Morgan fingerprint density at radius 3 is 2.35 bits per heavy atom. The molecule has 0 heterocycles. The largest absolute Gasteiger partial charge is 0.385 e. The minimum Gasteiger partial charge on any atom is -0.385 e. The molecule has 0 radical (unpaired) electrons. The highest BCUT2D eigenvalue weighted by atomic mass is 79.9. The Balaban J connectivity index is 1.79. The van der Waals surface area contributed by atoms with Crippen molar-refractivity contribution in [1.29, 1.82) is 0 Å². The molecule has 2 aromatic carbocycles. The molecule has 0 unspecified atom stereocenters. The van der Waals surface area contributed by atoms with E-state index in [2.05, 4.69) is 64.7 Å². The van der Waals surface area contributed by atoms with Crippen molar-refractivity contribution in [1.82, 2.24) is 0 Å². The van der Waals surface area contributed by atoms with Gasteiger partial charge >= 0.3 is 0 Å². The third-order valence-electron chi connectivity index (χ3n) is 3.70. The van der Waals surface area contributed by atoms with E-state index >= 15 is 0 Å². The molecule has 2 rings (SSSR count). The summed E-state index contributed by atoms with van der Waals surface area (Å²) in [5.41, 5.74) is 4.30. The molecular formula is C19H23BrN2O. The van der Waals surface area contributed by atoms with Gasteiger partial charge in [0.25, 0.3) is 0 Å². The third kappa shape index (κ3) is 5.39. The molecule has 0 aliphatic rings. The lowest BCUT2D eigenvalue weighted by Gasteiger charge is -2.10. The number of aryl methyl sites for hydroxylation is 1. The Hall–Kier alpha value is -1.81. The van der Waals surface area contributed by atoms with Crippen LogP contribution in [0.25, 0.3) is 0 Å². The molecule has 0 atom stereocenters. The second kappa shape index (κ2) is 8.16. The van der Waals surface area contributed by atoms with Crippen molar-refractivity contribution in [3.05, 3.63) is 58.1 Å². The van der Waals surface area contributed by atoms with E-state index in [-0.39, 0.29) is 5.91 Å². The third-order valence-corrected chi connectivity index (χ3v) is 4.59. The zero-order valence-electron chi connectivity index (χ0n) is 13.8. The molecule has 1 amide bonds. The van der Waals surface area contributed by atoms with Crippen molar-refractivity contribution in [2.24, 2.45) is 0 Å². The van der Waals surface area contributed by atoms with Gasteiger partial charge in [-0.1, -0.05) is 41.9 Å². The maximum atomic E-state index is 12.0. The Morgan fingerprint density at radius 1 is 1.09 bits per heavy atom. The fourth-order valence-electron chi connectivity index (χ4n) is 2.25. The van der Waals surface area contributed by atoms with Gasteiger partial charge < -0.3 is 10.6 Å². The van der Waals surface area contributed by atoms with Crippen LogP contribution in [-0.2, 0) is 4.79 Å². The SMILES string of the molecule is Cc1cc(NC(=O)CCNc2ccc(C(C)C)cc2)ccc1Br. The quantitative estimate of drug-likeness (QED) is 0.717. The van der Waals surface area contributed by atoms with Crippen LogP contribution in [0.1, 0.15) is 37.3 Å². The average molecular weight is 375 g/mol. The molecule has 122 valence electrons. The van der Waals surface area contributed by atoms with Gasteiger partial charge in [-0.25, -0.2) is 0 Å². The Kier molecular flexibility index (Phi) is 6.22. The van der Waals surface area contributed by atoms with Gasteiger partial charge in [0.15, 0.2) is 0 Å². The van der Waals surface area contributed by atoms with Gasteiger partial charge in [-0.2, -0.15) is 0 Å². The lowest BCUT2D eigenvalue weighted by Crippen LogP contribution is -2.16. The van der Waals surface area contributed by atoms with E-state index in [4.69, 9.17) is 0 Å². The first kappa shape index (κ1) is 17.5. The van der Waals surface area contributed by atoms with Gasteiger partial charge in [-0.05, 0) is 54.3 Å². The highest BCUT2D eigenvalue weighted by molar-refractivity contribution is 9.10. The highest BCUT2D eigenvalue weighted by Gasteiger charge is 2.04. The van der Waals surface area contributed by atoms with Crippen LogP contribution in [0.5, 0.6) is 0 Å². The van der Waals surface area contributed by atoms with Gasteiger partial charge in [0, 0.05) is 28.8 Å². The van der Waals surface area contributed by atoms with Crippen molar-refractivity contribution < 1.29 is 4.79 Å². The summed E-state index contributed by atoms with van der Waals surface area (Å²) in [5, 5.41) is 6.20. The number of benzene rings is 2. The molecule has 0 fully saturated rings. The summed E-state index contributed by atoms with van der Waals surface area (Å²) in [6, 6.07) is 14.2. The first-order valence-corrected chi connectivity index (χ1v) is 8.65. The van der Waals surface area contributed by atoms with Crippen LogP contribution in [0.2, 0.25) is 0 Å². The van der Waals surface area contributed by atoms with Crippen LogP contribution >= 0.6 is 15.9 Å². The molecule has 0 saturated carbocycles. The van der Waals surface area contributed by atoms with E-state index in [0.717, 1.165) is 21.4 Å². The summed E-state index contributed by atoms with van der Waals surface area (Å²) in [6.45, 7) is 6.97. The van der Waals surface area contributed by atoms with Crippen LogP contribution in [0.3, 0.4) is 0 Å². The van der Waals surface area contributed by atoms with E-state index in [9.17, 15) is 4.79 Å². The standard InChI is InChI=1S/C19H23BrN2O/c1-13(2)15-4-6-16(7-5-15)21-11-10-19(23)22-17-8-9-18(20)14(3)12-17/h4-9,12-13,21H,10-11H2,1-3H3,(H,22,23). The van der Waals surface area contributed by atoms with Gasteiger partial charge in [0.2, 0.25) is 5.91 Å². The average Bonchev–Trinajstić information content (AvgIpc) is 2.51. The Morgan fingerprint density at radius 2 is 1.74 bits per heavy atom. The van der Waals surface area contributed by atoms with Gasteiger partial charge in [0.05, 0.1) is 0 Å². The lowest BCUT2D eigenvalue weighted by atomic mass is 10.0. The van der Waals surface area contributed by atoms with Crippen LogP contribution in [0.4, 0.5) is 11.4 Å². The van der Waals surface area contributed by atoms with Crippen molar-refractivity contribution in [3.63, 3.8) is 0 Å². The Bertz CT molecular complexity index is 666. The number of carbonyl (C=O) groups excluding carboxylic acids is 1. The van der Waals surface area contributed by atoms with Crippen LogP contribution in [-0.4, -0.2) is 12.5 Å². The zero-order valence-corrected chi connectivity index (χ0v) is 15.4. The molecule has 23 heavy (non-hydrogen) atoms. The first-order chi connectivity index (χ1) is 11.0. The maximum Gasteiger partial charge on any atom is 0.226 e. The minimum atomic E-state index is 0.0121. The molecule has 3 nitrogen and oxygen atoms in total. The number of anilines is 2. The second-order valence-corrected chi connectivity index (χ2v) is 6.82. The molecule has 0 bridgehead atoms. The summed E-state index contributed by atoms with van der Waals surface area (Å²) >= 11 is 3.45. The van der Waals surface area contributed by atoms with Crippen LogP contribution in [0.15, 0.2) is 46.9 Å². The van der Waals surface area contributed by atoms with Gasteiger partial charge in [-0.3, -0.25) is 4.79 Å². The predicted molar refractivity (Wildman–Crippen MR) is 101 cm³/mol.